The van der Waals surface area contributed by atoms with Crippen LogP contribution in [-0.2, 0) is 18.4 Å². The van der Waals surface area contributed by atoms with E-state index < -0.39 is 20.0 Å². The summed E-state index contributed by atoms with van der Waals surface area (Å²) in [6.07, 6.45) is 93.8. The van der Waals surface area contributed by atoms with Crippen LogP contribution in [0.25, 0.3) is 0 Å². The van der Waals surface area contributed by atoms with E-state index in [1.54, 1.807) is 0 Å². The number of amides is 1. The molecular formula is C76H141N2O6P. The number of quaternary nitrogens is 1. The zero-order chi connectivity index (χ0) is 61.9. The maximum Gasteiger partial charge on any atom is 0.268 e. The third-order valence-electron chi connectivity index (χ3n) is 16.4. The molecule has 496 valence electrons. The number of hydrogen-bond donors (Lipinski definition) is 2. The van der Waals surface area contributed by atoms with Crippen molar-refractivity contribution >= 4 is 13.7 Å². The van der Waals surface area contributed by atoms with E-state index in [9.17, 15) is 19.4 Å². The summed E-state index contributed by atoms with van der Waals surface area (Å²) in [5.41, 5.74) is 0. The van der Waals surface area contributed by atoms with E-state index in [4.69, 9.17) is 9.05 Å². The number of nitrogens with zero attached hydrogens (tertiary/aromatic N) is 1. The first-order chi connectivity index (χ1) is 41.5. The molecule has 0 aliphatic rings. The van der Waals surface area contributed by atoms with Crippen molar-refractivity contribution in [3.05, 3.63) is 85.1 Å². The summed E-state index contributed by atoms with van der Waals surface area (Å²) in [7, 11) is 1.31. The van der Waals surface area contributed by atoms with Gasteiger partial charge in [0.25, 0.3) is 7.82 Å². The van der Waals surface area contributed by atoms with Crippen LogP contribution in [0.15, 0.2) is 85.1 Å². The lowest BCUT2D eigenvalue weighted by molar-refractivity contribution is -0.870. The van der Waals surface area contributed by atoms with Crippen molar-refractivity contribution in [1.29, 1.82) is 0 Å². The summed E-state index contributed by atoms with van der Waals surface area (Å²) in [4.78, 5) is 25.7. The highest BCUT2D eigenvalue weighted by Crippen LogP contribution is 2.38. The third-order valence-corrected chi connectivity index (χ3v) is 17.4. The van der Waals surface area contributed by atoms with Gasteiger partial charge in [0, 0.05) is 6.42 Å². The van der Waals surface area contributed by atoms with Crippen LogP contribution < -0.4 is 10.2 Å². The molecule has 0 aromatic rings. The van der Waals surface area contributed by atoms with Gasteiger partial charge in [-0.15, -0.1) is 0 Å². The normalized spacial score (nSPS) is 14.1. The highest BCUT2D eigenvalue weighted by Gasteiger charge is 2.24. The zero-order valence-electron chi connectivity index (χ0n) is 56.8. The van der Waals surface area contributed by atoms with E-state index in [1.165, 1.54) is 231 Å². The van der Waals surface area contributed by atoms with Gasteiger partial charge in [0.1, 0.15) is 13.2 Å². The molecule has 85 heavy (non-hydrogen) atoms. The molecular weight excluding hydrogens is 1070 g/mol. The van der Waals surface area contributed by atoms with Crippen molar-refractivity contribution in [1.82, 2.24) is 5.32 Å². The lowest BCUT2D eigenvalue weighted by Crippen LogP contribution is -2.46. The van der Waals surface area contributed by atoms with Crippen LogP contribution in [0.1, 0.15) is 341 Å². The largest absolute Gasteiger partial charge is 0.756 e. The molecule has 0 spiro atoms. The van der Waals surface area contributed by atoms with Crippen molar-refractivity contribution in [2.45, 2.75) is 353 Å². The highest BCUT2D eigenvalue weighted by molar-refractivity contribution is 7.45. The van der Waals surface area contributed by atoms with Crippen molar-refractivity contribution in [3.63, 3.8) is 0 Å². The lowest BCUT2D eigenvalue weighted by atomic mass is 10.0. The number of allylic oxidation sites excluding steroid dienone is 14. The van der Waals surface area contributed by atoms with Gasteiger partial charge in [-0.05, 0) is 70.6 Å². The Morgan fingerprint density at radius 2 is 0.718 bits per heavy atom. The summed E-state index contributed by atoms with van der Waals surface area (Å²) in [5, 5.41) is 14.1. The van der Waals surface area contributed by atoms with E-state index in [1.807, 2.05) is 21.1 Å². The van der Waals surface area contributed by atoms with Crippen LogP contribution >= 0.6 is 7.82 Å². The van der Waals surface area contributed by atoms with Crippen LogP contribution in [0.4, 0.5) is 0 Å². The molecule has 0 radical (unpaired) electrons. The number of likely N-dealkylation sites (N-methyl/N-ethyl adjacent to an activating group) is 1. The Labute approximate surface area is 528 Å². The first-order valence-electron chi connectivity index (χ1n) is 36.4. The second kappa shape index (κ2) is 66.1. The number of rotatable bonds is 67. The van der Waals surface area contributed by atoms with Crippen molar-refractivity contribution < 1.29 is 32.9 Å². The van der Waals surface area contributed by atoms with Crippen LogP contribution in [0.5, 0.6) is 0 Å². The summed E-state index contributed by atoms with van der Waals surface area (Å²) in [6.45, 7) is 4.65. The van der Waals surface area contributed by atoms with Gasteiger partial charge in [0.2, 0.25) is 5.91 Å². The Hall–Kier alpha value is -2.32. The Kier molecular flexibility index (Phi) is 64.3. The van der Waals surface area contributed by atoms with Gasteiger partial charge < -0.3 is 28.8 Å². The number of hydrogen-bond acceptors (Lipinski definition) is 6. The second-order valence-corrected chi connectivity index (χ2v) is 27.3. The maximum atomic E-state index is 13.1. The molecule has 2 N–H and O–H groups in total. The van der Waals surface area contributed by atoms with Crippen molar-refractivity contribution in [2.75, 3.05) is 40.9 Å². The Balaban J connectivity index is 3.99. The second-order valence-electron chi connectivity index (χ2n) is 25.9. The number of unbranched alkanes of at least 4 members (excludes halogenated alkanes) is 40. The lowest BCUT2D eigenvalue weighted by Gasteiger charge is -2.30. The molecule has 1 amide bonds. The number of phosphoric acid groups is 1. The van der Waals surface area contributed by atoms with Gasteiger partial charge >= 0.3 is 0 Å². The fraction of sp³-hybridized carbons (Fsp3) is 0.803. The van der Waals surface area contributed by atoms with E-state index >= 15 is 0 Å². The smallest absolute Gasteiger partial charge is 0.268 e. The molecule has 0 aromatic heterocycles. The average molecular weight is 1210 g/mol. The van der Waals surface area contributed by atoms with E-state index in [2.05, 4.69) is 104 Å². The van der Waals surface area contributed by atoms with E-state index in [-0.39, 0.29) is 19.1 Å². The predicted molar refractivity (Wildman–Crippen MR) is 371 cm³/mol. The predicted octanol–water partition coefficient (Wildman–Crippen LogP) is 22.9. The van der Waals surface area contributed by atoms with Gasteiger partial charge in [-0.3, -0.25) is 9.36 Å². The van der Waals surface area contributed by atoms with Crippen LogP contribution in [0.3, 0.4) is 0 Å². The van der Waals surface area contributed by atoms with E-state index in [0.717, 1.165) is 83.5 Å². The first-order valence-corrected chi connectivity index (χ1v) is 37.9. The maximum absolute atomic E-state index is 13.1. The average Bonchev–Trinajstić information content (AvgIpc) is 3.49. The summed E-state index contributed by atoms with van der Waals surface area (Å²) >= 11 is 0. The minimum atomic E-state index is -4.58. The van der Waals surface area contributed by atoms with Gasteiger partial charge in [-0.1, -0.05) is 349 Å². The molecule has 8 nitrogen and oxygen atoms in total. The van der Waals surface area contributed by atoms with Crippen LogP contribution in [-0.4, -0.2) is 68.5 Å². The van der Waals surface area contributed by atoms with Gasteiger partial charge in [0.15, 0.2) is 0 Å². The minimum Gasteiger partial charge on any atom is -0.756 e. The summed E-state index contributed by atoms with van der Waals surface area (Å²) < 4.78 is 23.6. The summed E-state index contributed by atoms with van der Waals surface area (Å²) in [5.74, 6) is -0.161. The third kappa shape index (κ3) is 69.0. The number of nitrogens with one attached hydrogen (secondary N) is 1. The van der Waals surface area contributed by atoms with Crippen molar-refractivity contribution in [3.8, 4) is 0 Å². The molecule has 3 unspecified atom stereocenters. The molecule has 0 heterocycles. The minimum absolute atomic E-state index is 0.0117. The van der Waals surface area contributed by atoms with E-state index in [0.29, 0.717) is 23.9 Å². The fourth-order valence-corrected chi connectivity index (χ4v) is 11.5. The molecule has 0 aliphatic carbocycles. The van der Waals surface area contributed by atoms with Crippen molar-refractivity contribution in [2.24, 2.45) is 0 Å². The number of carbonyl (C=O) groups is 1. The molecule has 0 rings (SSSR count). The number of carbonyl (C=O) groups excluding carboxylic acids is 1. The standard InChI is InChI=1S/C76H141N2O6P/c1-6-8-10-12-14-16-18-20-22-24-26-28-30-32-33-34-35-36-37-38-39-40-41-42-43-44-45-46-48-50-52-54-56-58-60-62-64-66-68-70-76(80)77-74(73-84-85(81,82)83-72-71-78(3,4)5)75(79)69-67-65-63-61-59-57-55-53-51-49-47-31-29-27-25-23-21-19-17-15-13-11-9-7-2/h8,10,14,16,20,22,26,28,32-33,35-36,38-39,74-75,79H,6-7,9,11-13,15,17-19,21,23-25,27,29-31,34,37,40-73H2,1-5H3,(H-,77,80,81,82)/b10-8-,16-14-,22-20-,28-26-,33-32-,36-35-,39-38-. The molecule has 0 fully saturated rings. The SMILES string of the molecule is CC/C=C\C/C=C\C/C=C\C/C=C\C/C=C\C/C=C\C/C=C\CCCCCCCCCCCCCCCCCCCC(=O)NC(COP(=O)([O-])OCC[N+](C)(C)C)C(O)CCCCCCCCCCCCCCCCCCCCCCCCCC. The topological polar surface area (TPSA) is 108 Å². The Bertz CT molecular complexity index is 1660. The number of phosphoric ester groups is 1. The molecule has 0 aliphatic heterocycles. The number of aliphatic hydroxyl groups is 1. The molecule has 0 saturated carbocycles. The molecule has 3 atom stereocenters. The molecule has 0 aromatic carbocycles. The first kappa shape index (κ1) is 82.7. The fourth-order valence-electron chi connectivity index (χ4n) is 10.8. The zero-order valence-corrected chi connectivity index (χ0v) is 57.7. The summed E-state index contributed by atoms with van der Waals surface area (Å²) in [6, 6.07) is -0.805. The van der Waals surface area contributed by atoms with Gasteiger partial charge in [-0.2, -0.15) is 0 Å². The molecule has 0 saturated heterocycles. The molecule has 0 bridgehead atoms. The monoisotopic (exact) mass is 1210 g/mol. The Morgan fingerprint density at radius 3 is 1.05 bits per heavy atom. The van der Waals surface area contributed by atoms with Crippen LogP contribution in [0.2, 0.25) is 0 Å². The Morgan fingerprint density at radius 1 is 0.424 bits per heavy atom. The quantitative estimate of drug-likeness (QED) is 0.0272. The highest BCUT2D eigenvalue weighted by atomic mass is 31.2. The van der Waals surface area contributed by atoms with Gasteiger partial charge in [0.05, 0.1) is 39.9 Å². The van der Waals surface area contributed by atoms with Crippen LogP contribution in [0, 0.1) is 0 Å². The van der Waals surface area contributed by atoms with Gasteiger partial charge in [-0.25, -0.2) is 0 Å². The molecule has 9 heteroatoms. The number of aliphatic hydroxyl groups excluding tert-OH is 1.